The van der Waals surface area contributed by atoms with Gasteiger partial charge in [-0.15, -0.1) is 0 Å². The van der Waals surface area contributed by atoms with E-state index in [0.29, 0.717) is 18.8 Å². The molecule has 9 nitrogen and oxygen atoms in total. The maximum absolute atomic E-state index is 12.4. The van der Waals surface area contributed by atoms with E-state index in [1.807, 2.05) is 0 Å². The Hall–Kier alpha value is -2.01. The molecule has 0 radical (unpaired) electrons. The summed E-state index contributed by atoms with van der Waals surface area (Å²) in [7, 11) is -0.294. The molecule has 0 spiro atoms. The average Bonchev–Trinajstić information content (AvgIpc) is 2.64. The Morgan fingerprint density at radius 1 is 1.14 bits per heavy atom. The predicted molar refractivity (Wildman–Crippen MR) is 112 cm³/mol. The summed E-state index contributed by atoms with van der Waals surface area (Å²) in [5, 5.41) is 5.50. The van der Waals surface area contributed by atoms with E-state index in [2.05, 4.69) is 15.4 Å². The third-order valence-corrected chi connectivity index (χ3v) is 5.78. The van der Waals surface area contributed by atoms with Crippen LogP contribution in [0.25, 0.3) is 0 Å². The first-order valence-corrected chi connectivity index (χ1v) is 10.9. The lowest BCUT2D eigenvalue weighted by Crippen LogP contribution is -2.45. The number of amides is 2. The van der Waals surface area contributed by atoms with E-state index in [1.165, 1.54) is 24.3 Å². The minimum Gasteiger partial charge on any atom is -0.385 e. The van der Waals surface area contributed by atoms with Crippen LogP contribution in [0.15, 0.2) is 29.2 Å². The van der Waals surface area contributed by atoms with Crippen LogP contribution in [0.1, 0.15) is 27.2 Å². The Morgan fingerprint density at radius 2 is 1.76 bits per heavy atom. The molecule has 0 bridgehead atoms. The summed E-state index contributed by atoms with van der Waals surface area (Å²) in [6.45, 7) is 6.34. The van der Waals surface area contributed by atoms with Crippen LogP contribution < -0.4 is 15.4 Å². The summed E-state index contributed by atoms with van der Waals surface area (Å²) >= 11 is 0. The molecule has 3 N–H and O–H groups in total. The van der Waals surface area contributed by atoms with Gasteiger partial charge in [0.25, 0.3) is 0 Å². The highest BCUT2D eigenvalue weighted by Crippen LogP contribution is 2.15. The molecule has 0 aliphatic rings. The summed E-state index contributed by atoms with van der Waals surface area (Å²) < 4.78 is 31.7. The molecule has 1 aromatic carbocycles. The molecular formula is C19H32N4O5S. The second kappa shape index (κ2) is 11.9. The van der Waals surface area contributed by atoms with Crippen LogP contribution in [0.4, 0.5) is 5.69 Å². The van der Waals surface area contributed by atoms with Crippen molar-refractivity contribution in [3.05, 3.63) is 24.3 Å². The van der Waals surface area contributed by atoms with E-state index < -0.39 is 16.1 Å². The molecule has 0 saturated heterocycles. The first-order valence-electron chi connectivity index (χ1n) is 9.46. The standard InChI is InChI=1S/C19H32N4O5S/c1-14(2)22-29(26,27)17-9-7-16(8-10-17)21-19(25)15(3)23(4)13-18(24)20-11-6-12-28-5/h7-10,14-15,22H,6,11-13H2,1-5H3,(H,20,24)(H,21,25). The maximum Gasteiger partial charge on any atom is 0.241 e. The highest BCUT2D eigenvalue weighted by atomic mass is 32.2. The minimum absolute atomic E-state index is 0.0830. The largest absolute Gasteiger partial charge is 0.385 e. The fourth-order valence-corrected chi connectivity index (χ4v) is 3.66. The second-order valence-corrected chi connectivity index (χ2v) is 8.79. The van der Waals surface area contributed by atoms with Crippen molar-refractivity contribution in [2.24, 2.45) is 0 Å². The molecule has 0 aliphatic carbocycles. The number of carbonyl (C=O) groups excluding carboxylic acids is 2. The smallest absolute Gasteiger partial charge is 0.241 e. The van der Waals surface area contributed by atoms with E-state index in [4.69, 9.17) is 4.74 Å². The fraction of sp³-hybridized carbons (Fsp3) is 0.579. The second-order valence-electron chi connectivity index (χ2n) is 7.08. The molecule has 164 valence electrons. The van der Waals surface area contributed by atoms with Crippen LogP contribution >= 0.6 is 0 Å². The summed E-state index contributed by atoms with van der Waals surface area (Å²) in [4.78, 5) is 26.1. The van der Waals surface area contributed by atoms with E-state index in [-0.39, 0.29) is 29.3 Å². The van der Waals surface area contributed by atoms with Crippen molar-refractivity contribution in [2.45, 2.75) is 44.2 Å². The monoisotopic (exact) mass is 428 g/mol. The minimum atomic E-state index is -3.58. The number of nitrogens with zero attached hydrogens (tertiary/aromatic N) is 1. The number of nitrogens with one attached hydrogen (secondary N) is 3. The molecule has 0 aliphatic heterocycles. The number of sulfonamides is 1. The molecule has 1 unspecified atom stereocenters. The van der Waals surface area contributed by atoms with Gasteiger partial charge in [0.1, 0.15) is 0 Å². The predicted octanol–water partition coefficient (Wildman–Crippen LogP) is 0.785. The van der Waals surface area contributed by atoms with Gasteiger partial charge < -0.3 is 15.4 Å². The third-order valence-electron chi connectivity index (χ3n) is 4.10. The SMILES string of the molecule is COCCCNC(=O)CN(C)C(C)C(=O)Nc1ccc(S(=O)(=O)NC(C)C)cc1. The zero-order chi connectivity index (χ0) is 22.0. The van der Waals surface area contributed by atoms with Crippen LogP contribution in [-0.2, 0) is 24.3 Å². The molecule has 0 fully saturated rings. The normalized spacial score (nSPS) is 12.8. The van der Waals surface area contributed by atoms with Gasteiger partial charge >= 0.3 is 0 Å². The topological polar surface area (TPSA) is 117 Å². The van der Waals surface area contributed by atoms with Crippen LogP contribution in [-0.4, -0.2) is 71.1 Å². The van der Waals surface area contributed by atoms with Crippen molar-refractivity contribution < 1.29 is 22.7 Å². The summed E-state index contributed by atoms with van der Waals surface area (Å²) in [5.74, 6) is -0.467. The van der Waals surface area contributed by atoms with Crippen molar-refractivity contribution in [1.82, 2.24) is 14.9 Å². The molecule has 1 aromatic rings. The van der Waals surface area contributed by atoms with E-state index in [9.17, 15) is 18.0 Å². The number of methoxy groups -OCH3 is 1. The Balaban J connectivity index is 2.58. The number of hydrogen-bond acceptors (Lipinski definition) is 6. The lowest BCUT2D eigenvalue weighted by Gasteiger charge is -2.23. The summed E-state index contributed by atoms with van der Waals surface area (Å²) in [6, 6.07) is 5.16. The third kappa shape index (κ3) is 8.90. The van der Waals surface area contributed by atoms with Gasteiger partial charge in [-0.05, 0) is 58.5 Å². The van der Waals surface area contributed by atoms with E-state index in [1.54, 1.807) is 39.8 Å². The zero-order valence-corrected chi connectivity index (χ0v) is 18.5. The van der Waals surface area contributed by atoms with Crippen molar-refractivity contribution in [3.8, 4) is 0 Å². The van der Waals surface area contributed by atoms with Crippen molar-refractivity contribution >= 4 is 27.5 Å². The Morgan fingerprint density at radius 3 is 2.31 bits per heavy atom. The Kier molecular flexibility index (Phi) is 10.2. The number of likely N-dealkylation sites (N-methyl/N-ethyl adjacent to an activating group) is 1. The molecule has 0 aromatic heterocycles. The van der Waals surface area contributed by atoms with Crippen molar-refractivity contribution in [3.63, 3.8) is 0 Å². The fourth-order valence-electron chi connectivity index (χ4n) is 2.41. The quantitative estimate of drug-likeness (QED) is 0.424. The van der Waals surface area contributed by atoms with Crippen LogP contribution in [0, 0.1) is 0 Å². The molecule has 0 heterocycles. The molecule has 2 amide bonds. The first-order chi connectivity index (χ1) is 13.6. The van der Waals surface area contributed by atoms with Crippen LogP contribution in [0.3, 0.4) is 0 Å². The molecular weight excluding hydrogens is 396 g/mol. The highest BCUT2D eigenvalue weighted by Gasteiger charge is 2.21. The number of hydrogen-bond donors (Lipinski definition) is 3. The van der Waals surface area contributed by atoms with E-state index in [0.717, 1.165) is 6.42 Å². The number of benzene rings is 1. The Labute approximate surface area is 173 Å². The van der Waals surface area contributed by atoms with Gasteiger partial charge in [0.15, 0.2) is 0 Å². The molecule has 29 heavy (non-hydrogen) atoms. The number of rotatable bonds is 12. The summed E-state index contributed by atoms with van der Waals surface area (Å²) in [5.41, 5.74) is 0.475. The van der Waals surface area contributed by atoms with Gasteiger partial charge in [0.05, 0.1) is 17.5 Å². The lowest BCUT2D eigenvalue weighted by atomic mass is 10.2. The molecule has 1 rings (SSSR count). The van der Waals surface area contributed by atoms with Gasteiger partial charge in [-0.1, -0.05) is 0 Å². The van der Waals surface area contributed by atoms with Crippen LogP contribution in [0.5, 0.6) is 0 Å². The zero-order valence-electron chi connectivity index (χ0n) is 17.7. The number of carbonyl (C=O) groups is 2. The maximum atomic E-state index is 12.4. The molecule has 1 atom stereocenters. The van der Waals surface area contributed by atoms with Crippen molar-refractivity contribution in [1.29, 1.82) is 0 Å². The Bertz CT molecular complexity index is 765. The van der Waals surface area contributed by atoms with Gasteiger partial charge in [0, 0.05) is 32.0 Å². The van der Waals surface area contributed by atoms with Crippen molar-refractivity contribution in [2.75, 3.05) is 39.2 Å². The van der Waals surface area contributed by atoms with Gasteiger partial charge in [-0.25, -0.2) is 13.1 Å². The highest BCUT2D eigenvalue weighted by molar-refractivity contribution is 7.89. The van der Waals surface area contributed by atoms with Gasteiger partial charge in [-0.2, -0.15) is 0 Å². The van der Waals surface area contributed by atoms with Gasteiger partial charge in [0.2, 0.25) is 21.8 Å². The van der Waals surface area contributed by atoms with Crippen LogP contribution in [0.2, 0.25) is 0 Å². The number of anilines is 1. The lowest BCUT2D eigenvalue weighted by molar-refractivity contribution is -0.124. The summed E-state index contributed by atoms with van der Waals surface area (Å²) in [6.07, 6.45) is 0.723. The average molecular weight is 429 g/mol. The molecule has 0 saturated carbocycles. The van der Waals surface area contributed by atoms with E-state index >= 15 is 0 Å². The molecule has 10 heteroatoms. The number of ether oxygens (including phenoxy) is 1. The van der Waals surface area contributed by atoms with Gasteiger partial charge in [-0.3, -0.25) is 14.5 Å². The first kappa shape index (κ1) is 25.0.